The summed E-state index contributed by atoms with van der Waals surface area (Å²) in [6, 6.07) is 28.2. The predicted molar refractivity (Wildman–Crippen MR) is 186 cm³/mol. The molecule has 2 amide bonds. The molecule has 4 aliphatic rings. The van der Waals surface area contributed by atoms with Gasteiger partial charge in [-0.1, -0.05) is 91.0 Å². The molecule has 49 heavy (non-hydrogen) atoms. The van der Waals surface area contributed by atoms with Crippen LogP contribution >= 0.6 is 0 Å². The number of amides is 2. The summed E-state index contributed by atoms with van der Waals surface area (Å²) in [5.74, 6) is -0.407. The first kappa shape index (κ1) is 33.7. The summed E-state index contributed by atoms with van der Waals surface area (Å²) in [5.41, 5.74) is 0.869. The first-order valence-electron chi connectivity index (χ1n) is 18.0. The third-order valence-electron chi connectivity index (χ3n) is 11.5. The van der Waals surface area contributed by atoms with E-state index in [1.165, 1.54) is 0 Å². The molecule has 5 unspecified atom stereocenters. The van der Waals surface area contributed by atoms with E-state index in [1.54, 1.807) is 0 Å². The van der Waals surface area contributed by atoms with Gasteiger partial charge in [-0.25, -0.2) is 4.79 Å². The molecule has 1 aliphatic carbocycles. The van der Waals surface area contributed by atoms with E-state index in [9.17, 15) is 19.8 Å². The van der Waals surface area contributed by atoms with Crippen molar-refractivity contribution in [2.24, 2.45) is 5.92 Å². The minimum atomic E-state index is -1.37. The molecule has 3 saturated heterocycles. The number of ether oxygens (including phenoxy) is 2. The summed E-state index contributed by atoms with van der Waals surface area (Å²) in [7, 11) is 0. The number of nitrogens with one attached hydrogen (secondary N) is 2. The van der Waals surface area contributed by atoms with E-state index in [0.29, 0.717) is 5.92 Å². The number of urea groups is 1. The number of carbonyl (C=O) groups excluding carboxylic acids is 2. The normalized spacial score (nSPS) is 28.9. The van der Waals surface area contributed by atoms with Crippen molar-refractivity contribution < 1.29 is 29.3 Å². The number of hydrogen-bond acceptors (Lipinski definition) is 7. The molecule has 9 nitrogen and oxygen atoms in total. The summed E-state index contributed by atoms with van der Waals surface area (Å²) >= 11 is 0. The van der Waals surface area contributed by atoms with Gasteiger partial charge in [0.15, 0.2) is 0 Å². The minimum Gasteiger partial charge on any atom is -0.462 e. The predicted octanol–water partition coefficient (Wildman–Crippen LogP) is 4.86. The minimum absolute atomic E-state index is 0.103. The van der Waals surface area contributed by atoms with E-state index < -0.39 is 17.6 Å². The van der Waals surface area contributed by atoms with Gasteiger partial charge in [-0.05, 0) is 68.2 Å². The van der Waals surface area contributed by atoms with Crippen LogP contribution < -0.4 is 10.6 Å². The molecule has 0 spiro atoms. The molecular formula is C40H49N3O6. The molecule has 4 fully saturated rings. The lowest BCUT2D eigenvalue weighted by Crippen LogP contribution is -2.54. The molecule has 6 atom stereocenters. The number of hydrogen-bond donors (Lipinski definition) is 4. The monoisotopic (exact) mass is 667 g/mol. The van der Waals surface area contributed by atoms with Crippen molar-refractivity contribution in [3.63, 3.8) is 0 Å². The summed E-state index contributed by atoms with van der Waals surface area (Å²) in [6.07, 6.45) is 6.95. The zero-order chi connectivity index (χ0) is 34.0. The maximum Gasteiger partial charge on any atom is 0.316 e. The van der Waals surface area contributed by atoms with Gasteiger partial charge in [0.25, 0.3) is 0 Å². The molecule has 9 heteroatoms. The third kappa shape index (κ3) is 7.13. The highest BCUT2D eigenvalue weighted by Gasteiger charge is 2.63. The summed E-state index contributed by atoms with van der Waals surface area (Å²) < 4.78 is 12.0. The largest absolute Gasteiger partial charge is 0.462 e. The Labute approximate surface area is 289 Å². The number of aliphatic hydroxyl groups excluding tert-OH is 1. The van der Waals surface area contributed by atoms with Crippen molar-refractivity contribution in [2.45, 2.75) is 106 Å². The molecule has 4 N–H and O–H groups in total. The lowest BCUT2D eigenvalue weighted by molar-refractivity contribution is -0.157. The third-order valence-corrected chi connectivity index (χ3v) is 11.5. The first-order chi connectivity index (χ1) is 23.8. The molecular weight excluding hydrogens is 618 g/mol. The maximum absolute atomic E-state index is 13.2. The topological polar surface area (TPSA) is 124 Å². The van der Waals surface area contributed by atoms with Gasteiger partial charge in [0.2, 0.25) is 0 Å². The second kappa shape index (κ2) is 14.6. The Balaban J connectivity index is 0.867. The lowest BCUT2D eigenvalue weighted by Gasteiger charge is -2.41. The average Bonchev–Trinajstić information content (AvgIpc) is 3.90. The van der Waals surface area contributed by atoms with Crippen LogP contribution in [0.3, 0.4) is 0 Å². The van der Waals surface area contributed by atoms with E-state index in [1.807, 2.05) is 97.9 Å². The number of nitrogens with zero attached hydrogens (tertiary/aromatic N) is 1. The van der Waals surface area contributed by atoms with Crippen LogP contribution in [0.15, 0.2) is 91.0 Å². The zero-order valence-electron chi connectivity index (χ0n) is 28.2. The van der Waals surface area contributed by atoms with E-state index >= 15 is 0 Å². The van der Waals surface area contributed by atoms with Crippen LogP contribution in [0.4, 0.5) is 4.79 Å². The molecule has 7 rings (SSSR count). The number of epoxide rings is 1. The van der Waals surface area contributed by atoms with Crippen LogP contribution in [0.1, 0.15) is 74.5 Å². The van der Waals surface area contributed by atoms with Crippen molar-refractivity contribution in [3.8, 4) is 0 Å². The van der Waals surface area contributed by atoms with E-state index in [0.717, 1.165) is 68.2 Å². The second-order valence-corrected chi connectivity index (χ2v) is 14.5. The Morgan fingerprint density at radius 3 is 1.98 bits per heavy atom. The Morgan fingerprint density at radius 2 is 1.43 bits per heavy atom. The summed E-state index contributed by atoms with van der Waals surface area (Å²) in [6.45, 7) is 2.59. The van der Waals surface area contributed by atoms with Crippen LogP contribution in [0, 0.1) is 5.92 Å². The molecule has 3 aromatic carbocycles. The van der Waals surface area contributed by atoms with E-state index in [4.69, 9.17) is 9.47 Å². The number of morpholine rings is 1. The number of carbonyl (C=O) groups is 2. The Kier molecular flexibility index (Phi) is 10.1. The van der Waals surface area contributed by atoms with Gasteiger partial charge in [0.05, 0.1) is 12.6 Å². The number of piperidine rings is 1. The summed E-state index contributed by atoms with van der Waals surface area (Å²) in [4.78, 5) is 28.8. The molecule has 3 aliphatic heterocycles. The highest BCUT2D eigenvalue weighted by atomic mass is 16.6. The maximum atomic E-state index is 13.2. The van der Waals surface area contributed by atoms with Gasteiger partial charge >= 0.3 is 12.0 Å². The average molecular weight is 668 g/mol. The zero-order valence-corrected chi connectivity index (χ0v) is 28.2. The van der Waals surface area contributed by atoms with Gasteiger partial charge in [-0.3, -0.25) is 9.69 Å². The fraction of sp³-hybridized carbons (Fsp3) is 0.500. The van der Waals surface area contributed by atoms with Crippen LogP contribution in [0.25, 0.3) is 0 Å². The molecule has 0 radical (unpaired) electrons. The Bertz CT molecular complexity index is 1490. The fourth-order valence-electron chi connectivity index (χ4n) is 8.73. The van der Waals surface area contributed by atoms with E-state index in [2.05, 4.69) is 15.5 Å². The Morgan fingerprint density at radius 1 is 0.878 bits per heavy atom. The van der Waals surface area contributed by atoms with Gasteiger partial charge in [0.1, 0.15) is 29.8 Å². The number of benzene rings is 3. The van der Waals surface area contributed by atoms with Gasteiger partial charge in [-0.15, -0.1) is 0 Å². The van der Waals surface area contributed by atoms with Crippen molar-refractivity contribution in [1.82, 2.24) is 15.5 Å². The number of esters is 1. The van der Waals surface area contributed by atoms with Crippen LogP contribution in [-0.2, 0) is 19.9 Å². The van der Waals surface area contributed by atoms with Gasteiger partial charge in [-0.2, -0.15) is 0 Å². The number of fused-ring (bicyclic) bond motifs is 5. The van der Waals surface area contributed by atoms with Crippen molar-refractivity contribution in [2.75, 3.05) is 13.2 Å². The molecule has 0 aromatic heterocycles. The molecule has 2 bridgehead atoms. The van der Waals surface area contributed by atoms with Crippen molar-refractivity contribution in [3.05, 3.63) is 108 Å². The first-order valence-corrected chi connectivity index (χ1v) is 18.0. The Hall–Kier alpha value is -3.76. The van der Waals surface area contributed by atoms with Crippen LogP contribution in [0.2, 0.25) is 0 Å². The lowest BCUT2D eigenvalue weighted by atomic mass is 9.81. The fourth-order valence-corrected chi connectivity index (χ4v) is 8.73. The van der Waals surface area contributed by atoms with Crippen molar-refractivity contribution >= 4 is 12.0 Å². The smallest absolute Gasteiger partial charge is 0.316 e. The highest BCUT2D eigenvalue weighted by Crippen LogP contribution is 2.49. The molecule has 1 saturated carbocycles. The highest BCUT2D eigenvalue weighted by molar-refractivity contribution is 5.78. The SMILES string of the molecule is C[C@@H](NC(=O)NC1CCC(CCN2C3CC(OC(=O)C(CO)c4ccccc4)CC2C2OC23)CC1)C(O)(c1ccccc1)c1ccccc1. The summed E-state index contributed by atoms with van der Waals surface area (Å²) in [5, 5.41) is 28.1. The standard InChI is InChI=1S/C40H49N3O6/c1-26(40(47,29-13-7-3-8-14-29)30-15-9-4-10-16-30)41-39(46)42-31-19-17-27(18-20-31)21-22-43-34-23-32(24-35(43)37-36(34)49-37)48-38(45)33(25-44)28-11-5-2-6-12-28/h2-16,26-27,31-37,44,47H,17-25H2,1H3,(H2,41,42,46)/t26-,27?,31?,32?,33?,34?,35?,36?,37?/m1/s1. The van der Waals surface area contributed by atoms with Gasteiger partial charge < -0.3 is 30.3 Å². The van der Waals surface area contributed by atoms with E-state index in [-0.39, 0.29) is 55.0 Å². The molecule has 3 heterocycles. The van der Waals surface area contributed by atoms with Crippen LogP contribution in [-0.4, -0.2) is 82.7 Å². The number of aliphatic hydroxyl groups is 2. The number of rotatable bonds is 12. The van der Waals surface area contributed by atoms with Gasteiger partial charge in [0, 0.05) is 31.0 Å². The quantitative estimate of drug-likeness (QED) is 0.161. The van der Waals surface area contributed by atoms with Crippen LogP contribution in [0.5, 0.6) is 0 Å². The van der Waals surface area contributed by atoms with Crippen molar-refractivity contribution in [1.29, 1.82) is 0 Å². The second-order valence-electron chi connectivity index (χ2n) is 14.5. The molecule has 260 valence electrons. The molecule has 3 aromatic rings.